The van der Waals surface area contributed by atoms with Crippen LogP contribution in [0.1, 0.15) is 0 Å². The Bertz CT molecular complexity index is 408. The minimum atomic E-state index is 0.705. The van der Waals surface area contributed by atoms with Crippen LogP contribution in [-0.2, 0) is 0 Å². The second kappa shape index (κ2) is 2.68. The molecule has 3 nitrogen and oxygen atoms in total. The topological polar surface area (TPSA) is 40.7 Å². The molecular weight excluding hydrogens is 174 g/mol. The molecule has 1 heterocycles. The molecule has 0 fully saturated rings. The van der Waals surface area contributed by atoms with Gasteiger partial charge in [-0.3, -0.25) is 0 Å². The zero-order chi connectivity index (χ0) is 8.55. The van der Waals surface area contributed by atoms with Gasteiger partial charge in [0.15, 0.2) is 0 Å². The van der Waals surface area contributed by atoms with E-state index in [1.54, 1.807) is 0 Å². The van der Waals surface area contributed by atoms with Crippen LogP contribution in [0.3, 0.4) is 0 Å². The van der Waals surface area contributed by atoms with E-state index in [0.29, 0.717) is 5.02 Å². The largest absolute Gasteiger partial charge is 0.359 e. The standard InChI is InChI=1S/C8H8ClN3/c1-10-8-11-6-3-2-5(9)4-7(6)12-8/h2-4H,1H3,(H2,10,11,12). The number of nitrogens with zero attached hydrogens (tertiary/aromatic N) is 1. The number of nitrogens with one attached hydrogen (secondary N) is 2. The Labute approximate surface area is 74.8 Å². The lowest BCUT2D eigenvalue weighted by Gasteiger charge is -1.87. The van der Waals surface area contributed by atoms with Gasteiger partial charge in [0.25, 0.3) is 0 Å². The van der Waals surface area contributed by atoms with E-state index >= 15 is 0 Å². The highest BCUT2D eigenvalue weighted by Gasteiger charge is 1.99. The average Bonchev–Trinajstić information content (AvgIpc) is 2.46. The molecule has 0 aliphatic carbocycles. The number of rotatable bonds is 1. The van der Waals surface area contributed by atoms with E-state index in [-0.39, 0.29) is 0 Å². The Morgan fingerprint density at radius 3 is 3.08 bits per heavy atom. The van der Waals surface area contributed by atoms with Crippen LogP contribution in [0.5, 0.6) is 0 Å². The first-order valence-electron chi connectivity index (χ1n) is 3.62. The van der Waals surface area contributed by atoms with E-state index in [1.807, 2.05) is 25.2 Å². The van der Waals surface area contributed by atoms with Gasteiger partial charge >= 0.3 is 0 Å². The average molecular weight is 182 g/mol. The van der Waals surface area contributed by atoms with Gasteiger partial charge in [0.05, 0.1) is 11.0 Å². The SMILES string of the molecule is CNc1nc2cc(Cl)ccc2[nH]1. The zero-order valence-corrected chi connectivity index (χ0v) is 7.31. The summed E-state index contributed by atoms with van der Waals surface area (Å²) in [6.07, 6.45) is 0. The van der Waals surface area contributed by atoms with Crippen LogP contribution in [0.2, 0.25) is 5.02 Å². The lowest BCUT2D eigenvalue weighted by atomic mass is 10.3. The molecule has 2 rings (SSSR count). The molecule has 4 heteroatoms. The molecule has 0 saturated carbocycles. The molecule has 0 atom stereocenters. The molecule has 0 bridgehead atoms. The van der Waals surface area contributed by atoms with Gasteiger partial charge in [0, 0.05) is 12.1 Å². The fourth-order valence-electron chi connectivity index (χ4n) is 1.10. The summed E-state index contributed by atoms with van der Waals surface area (Å²) >= 11 is 5.80. The molecule has 62 valence electrons. The normalized spacial score (nSPS) is 10.5. The maximum Gasteiger partial charge on any atom is 0.200 e. The Kier molecular flexibility index (Phi) is 1.66. The Morgan fingerprint density at radius 2 is 2.33 bits per heavy atom. The highest BCUT2D eigenvalue weighted by molar-refractivity contribution is 6.31. The van der Waals surface area contributed by atoms with Crippen molar-refractivity contribution >= 4 is 28.6 Å². The number of fused-ring (bicyclic) bond motifs is 1. The Morgan fingerprint density at radius 1 is 1.50 bits per heavy atom. The summed E-state index contributed by atoms with van der Waals surface area (Å²) in [4.78, 5) is 7.33. The number of hydrogen-bond donors (Lipinski definition) is 2. The van der Waals surface area contributed by atoms with Crippen molar-refractivity contribution in [2.75, 3.05) is 12.4 Å². The van der Waals surface area contributed by atoms with Crippen molar-refractivity contribution in [1.29, 1.82) is 0 Å². The van der Waals surface area contributed by atoms with Gasteiger partial charge in [-0.1, -0.05) is 11.6 Å². The molecular formula is C8H8ClN3. The van der Waals surface area contributed by atoms with E-state index in [9.17, 15) is 0 Å². The van der Waals surface area contributed by atoms with Gasteiger partial charge < -0.3 is 10.3 Å². The van der Waals surface area contributed by atoms with Gasteiger partial charge in [-0.2, -0.15) is 0 Å². The highest BCUT2D eigenvalue weighted by Crippen LogP contribution is 2.18. The predicted molar refractivity (Wildman–Crippen MR) is 50.7 cm³/mol. The van der Waals surface area contributed by atoms with Crippen molar-refractivity contribution in [1.82, 2.24) is 9.97 Å². The smallest absolute Gasteiger partial charge is 0.200 e. The van der Waals surface area contributed by atoms with Crippen molar-refractivity contribution in [2.24, 2.45) is 0 Å². The summed E-state index contributed by atoms with van der Waals surface area (Å²) in [6.45, 7) is 0. The highest BCUT2D eigenvalue weighted by atomic mass is 35.5. The number of hydrogen-bond acceptors (Lipinski definition) is 2. The molecule has 1 aromatic carbocycles. The lowest BCUT2D eigenvalue weighted by molar-refractivity contribution is 1.28. The fourth-order valence-corrected chi connectivity index (χ4v) is 1.26. The van der Waals surface area contributed by atoms with E-state index in [2.05, 4.69) is 15.3 Å². The monoisotopic (exact) mass is 181 g/mol. The van der Waals surface area contributed by atoms with Crippen LogP contribution < -0.4 is 5.32 Å². The molecule has 12 heavy (non-hydrogen) atoms. The minimum absolute atomic E-state index is 0.705. The third kappa shape index (κ3) is 1.12. The molecule has 2 aromatic rings. The van der Waals surface area contributed by atoms with Crippen LogP contribution in [0.15, 0.2) is 18.2 Å². The molecule has 1 aromatic heterocycles. The molecule has 0 unspecified atom stereocenters. The summed E-state index contributed by atoms with van der Waals surface area (Å²) in [5.74, 6) is 0.757. The van der Waals surface area contributed by atoms with Crippen LogP contribution in [0.25, 0.3) is 11.0 Å². The zero-order valence-electron chi connectivity index (χ0n) is 6.56. The maximum absolute atomic E-state index is 5.80. The van der Waals surface area contributed by atoms with Gasteiger partial charge in [0.1, 0.15) is 0 Å². The van der Waals surface area contributed by atoms with E-state index in [0.717, 1.165) is 17.0 Å². The van der Waals surface area contributed by atoms with E-state index < -0.39 is 0 Å². The Hall–Kier alpha value is -1.22. The van der Waals surface area contributed by atoms with Crippen LogP contribution in [-0.4, -0.2) is 17.0 Å². The van der Waals surface area contributed by atoms with Crippen LogP contribution in [0.4, 0.5) is 5.95 Å². The van der Waals surface area contributed by atoms with Crippen LogP contribution in [0, 0.1) is 0 Å². The summed E-state index contributed by atoms with van der Waals surface area (Å²) in [6, 6.07) is 5.57. The number of anilines is 1. The number of halogens is 1. The first-order valence-corrected chi connectivity index (χ1v) is 4.00. The lowest BCUT2D eigenvalue weighted by Crippen LogP contribution is -1.88. The molecule has 0 amide bonds. The minimum Gasteiger partial charge on any atom is -0.359 e. The molecule has 0 aliphatic rings. The molecule has 2 N–H and O–H groups in total. The third-order valence-electron chi connectivity index (χ3n) is 1.68. The Balaban J connectivity index is 2.67. The van der Waals surface area contributed by atoms with Gasteiger partial charge in [-0.25, -0.2) is 4.98 Å². The third-order valence-corrected chi connectivity index (χ3v) is 1.92. The quantitative estimate of drug-likeness (QED) is 0.709. The van der Waals surface area contributed by atoms with Gasteiger partial charge in [0.2, 0.25) is 5.95 Å². The summed E-state index contributed by atoms with van der Waals surface area (Å²) in [5.41, 5.74) is 1.87. The summed E-state index contributed by atoms with van der Waals surface area (Å²) < 4.78 is 0. The number of aromatic amines is 1. The number of aromatic nitrogens is 2. The van der Waals surface area contributed by atoms with Crippen LogP contribution >= 0.6 is 11.6 Å². The molecule has 0 saturated heterocycles. The fraction of sp³-hybridized carbons (Fsp3) is 0.125. The second-order valence-electron chi connectivity index (χ2n) is 2.50. The van der Waals surface area contributed by atoms with Gasteiger partial charge in [-0.15, -0.1) is 0 Å². The summed E-state index contributed by atoms with van der Waals surface area (Å²) in [5, 5.41) is 3.63. The molecule has 0 radical (unpaired) electrons. The number of imidazole rings is 1. The van der Waals surface area contributed by atoms with E-state index in [4.69, 9.17) is 11.6 Å². The maximum atomic E-state index is 5.80. The first kappa shape index (κ1) is 7.43. The number of benzene rings is 1. The first-order chi connectivity index (χ1) is 5.79. The van der Waals surface area contributed by atoms with Crippen molar-refractivity contribution < 1.29 is 0 Å². The molecule has 0 aliphatic heterocycles. The molecule has 0 spiro atoms. The van der Waals surface area contributed by atoms with Crippen molar-refractivity contribution in [3.63, 3.8) is 0 Å². The predicted octanol–water partition coefficient (Wildman–Crippen LogP) is 2.26. The van der Waals surface area contributed by atoms with Crippen molar-refractivity contribution in [3.05, 3.63) is 23.2 Å². The van der Waals surface area contributed by atoms with Crippen molar-refractivity contribution in [2.45, 2.75) is 0 Å². The van der Waals surface area contributed by atoms with E-state index in [1.165, 1.54) is 0 Å². The summed E-state index contributed by atoms with van der Waals surface area (Å²) in [7, 11) is 1.82. The number of H-pyrrole nitrogens is 1. The van der Waals surface area contributed by atoms with Gasteiger partial charge in [-0.05, 0) is 18.2 Å². The van der Waals surface area contributed by atoms with Crippen molar-refractivity contribution in [3.8, 4) is 0 Å². The second-order valence-corrected chi connectivity index (χ2v) is 2.93.